The first kappa shape index (κ1) is 6.99. The van der Waals surface area contributed by atoms with Gasteiger partial charge in [-0.3, -0.25) is 0 Å². The van der Waals surface area contributed by atoms with Crippen LogP contribution in [0.4, 0.5) is 0 Å². The molecule has 54 valence electrons. The summed E-state index contributed by atoms with van der Waals surface area (Å²) in [6.07, 6.45) is -0.194. The Bertz CT molecular complexity index is 100. The number of rotatable bonds is 0. The smallest absolute Gasteiger partial charge is 0.106 e. The normalized spacial score (nSPS) is 45.0. The van der Waals surface area contributed by atoms with Crippen molar-refractivity contribution in [3.05, 3.63) is 0 Å². The average molecular weight is 132 g/mol. The van der Waals surface area contributed by atoms with Crippen LogP contribution in [0.15, 0.2) is 0 Å². The molecule has 0 unspecified atom stereocenters. The molecule has 1 fully saturated rings. The van der Waals surface area contributed by atoms with Gasteiger partial charge < -0.3 is 14.9 Å². The van der Waals surface area contributed by atoms with E-state index in [0.29, 0.717) is 13.0 Å². The molecule has 0 aliphatic carbocycles. The van der Waals surface area contributed by atoms with Gasteiger partial charge >= 0.3 is 0 Å². The maximum Gasteiger partial charge on any atom is 0.106 e. The molecule has 1 aliphatic heterocycles. The van der Waals surface area contributed by atoms with Crippen molar-refractivity contribution in [1.29, 1.82) is 0 Å². The molecule has 0 spiro atoms. The van der Waals surface area contributed by atoms with Crippen molar-refractivity contribution in [2.24, 2.45) is 0 Å². The summed E-state index contributed by atoms with van der Waals surface area (Å²) in [5.41, 5.74) is -0.932. The van der Waals surface area contributed by atoms with E-state index in [1.807, 2.05) is 0 Å². The predicted molar refractivity (Wildman–Crippen MR) is 32.1 cm³/mol. The number of aliphatic hydroxyl groups excluding tert-OH is 1. The second-order valence-corrected chi connectivity index (χ2v) is 2.70. The largest absolute Gasteiger partial charge is 0.388 e. The molecule has 2 atom stereocenters. The third kappa shape index (κ3) is 1.41. The van der Waals surface area contributed by atoms with E-state index in [1.165, 1.54) is 0 Å². The van der Waals surface area contributed by atoms with Crippen molar-refractivity contribution in [3.63, 3.8) is 0 Å². The van der Waals surface area contributed by atoms with Gasteiger partial charge in [-0.1, -0.05) is 0 Å². The SMILES string of the molecule is C[C@]1(O)CCOC[C@@H]1O. The lowest BCUT2D eigenvalue weighted by molar-refractivity contribution is -0.142. The highest BCUT2D eigenvalue weighted by atomic mass is 16.5. The van der Waals surface area contributed by atoms with Crippen LogP contribution in [0.1, 0.15) is 13.3 Å². The molecule has 1 heterocycles. The average Bonchev–Trinajstić information content (AvgIpc) is 1.77. The van der Waals surface area contributed by atoms with Crippen molar-refractivity contribution in [2.75, 3.05) is 13.2 Å². The molecule has 0 aromatic heterocycles. The zero-order chi connectivity index (χ0) is 6.91. The predicted octanol–water partition coefficient (Wildman–Crippen LogP) is -0.481. The van der Waals surface area contributed by atoms with Crippen molar-refractivity contribution in [2.45, 2.75) is 25.0 Å². The first-order valence-corrected chi connectivity index (χ1v) is 3.11. The van der Waals surface area contributed by atoms with Crippen molar-refractivity contribution in [3.8, 4) is 0 Å². The lowest BCUT2D eigenvalue weighted by Gasteiger charge is -2.32. The van der Waals surface area contributed by atoms with E-state index in [0.717, 1.165) is 0 Å². The summed E-state index contributed by atoms with van der Waals surface area (Å²) >= 11 is 0. The molecule has 0 bridgehead atoms. The summed E-state index contributed by atoms with van der Waals surface area (Å²) in [4.78, 5) is 0. The summed E-state index contributed by atoms with van der Waals surface area (Å²) in [5.74, 6) is 0. The first-order chi connectivity index (χ1) is 4.13. The third-order valence-corrected chi connectivity index (χ3v) is 1.75. The van der Waals surface area contributed by atoms with Gasteiger partial charge in [0.05, 0.1) is 12.2 Å². The number of hydrogen-bond donors (Lipinski definition) is 2. The van der Waals surface area contributed by atoms with Crippen molar-refractivity contribution in [1.82, 2.24) is 0 Å². The highest BCUT2D eigenvalue weighted by molar-refractivity contribution is 4.84. The standard InChI is InChI=1S/C6H12O3/c1-6(8)2-3-9-4-5(6)7/h5,7-8H,2-4H2,1H3/t5-,6-/m0/s1. The Morgan fingerprint density at radius 1 is 1.67 bits per heavy atom. The molecular weight excluding hydrogens is 120 g/mol. The molecule has 1 rings (SSSR count). The zero-order valence-corrected chi connectivity index (χ0v) is 5.50. The molecule has 1 saturated heterocycles. The number of aliphatic hydroxyl groups is 2. The second-order valence-electron chi connectivity index (χ2n) is 2.70. The summed E-state index contributed by atoms with van der Waals surface area (Å²) in [6, 6.07) is 0. The molecule has 0 radical (unpaired) electrons. The minimum absolute atomic E-state index is 0.257. The van der Waals surface area contributed by atoms with Crippen molar-refractivity contribution >= 4 is 0 Å². The van der Waals surface area contributed by atoms with Crippen molar-refractivity contribution < 1.29 is 14.9 Å². The van der Waals surface area contributed by atoms with E-state index in [1.54, 1.807) is 6.92 Å². The molecular formula is C6H12O3. The Hall–Kier alpha value is -0.120. The van der Waals surface area contributed by atoms with Crippen LogP contribution in [0.2, 0.25) is 0 Å². The van der Waals surface area contributed by atoms with E-state index < -0.39 is 11.7 Å². The fraction of sp³-hybridized carbons (Fsp3) is 1.00. The van der Waals surface area contributed by atoms with E-state index in [4.69, 9.17) is 9.84 Å². The summed E-state index contributed by atoms with van der Waals surface area (Å²) in [6.45, 7) is 2.43. The molecule has 0 saturated carbocycles. The fourth-order valence-electron chi connectivity index (χ4n) is 0.820. The van der Waals surface area contributed by atoms with Gasteiger partial charge in [0.1, 0.15) is 6.10 Å². The monoisotopic (exact) mass is 132 g/mol. The van der Waals surface area contributed by atoms with Crippen LogP contribution in [-0.4, -0.2) is 35.1 Å². The third-order valence-electron chi connectivity index (χ3n) is 1.75. The zero-order valence-electron chi connectivity index (χ0n) is 5.50. The van der Waals surface area contributed by atoms with Crippen LogP contribution in [-0.2, 0) is 4.74 Å². The molecule has 1 aliphatic rings. The molecule has 9 heavy (non-hydrogen) atoms. The topological polar surface area (TPSA) is 49.7 Å². The Labute approximate surface area is 54.3 Å². The van der Waals surface area contributed by atoms with Crippen LogP contribution in [0.3, 0.4) is 0 Å². The van der Waals surface area contributed by atoms with Gasteiger partial charge in [0.25, 0.3) is 0 Å². The van der Waals surface area contributed by atoms with Gasteiger partial charge in [0, 0.05) is 13.0 Å². The van der Waals surface area contributed by atoms with Crippen LogP contribution in [0.5, 0.6) is 0 Å². The number of hydrogen-bond acceptors (Lipinski definition) is 3. The second kappa shape index (κ2) is 2.25. The van der Waals surface area contributed by atoms with E-state index >= 15 is 0 Å². The van der Waals surface area contributed by atoms with Gasteiger partial charge in [0.15, 0.2) is 0 Å². The van der Waals surface area contributed by atoms with Gasteiger partial charge in [-0.05, 0) is 6.92 Å². The van der Waals surface area contributed by atoms with Gasteiger partial charge in [-0.15, -0.1) is 0 Å². The lowest BCUT2D eigenvalue weighted by atomic mass is 9.94. The highest BCUT2D eigenvalue weighted by Gasteiger charge is 2.33. The minimum atomic E-state index is -0.932. The van der Waals surface area contributed by atoms with E-state index in [-0.39, 0.29) is 6.61 Å². The first-order valence-electron chi connectivity index (χ1n) is 3.11. The van der Waals surface area contributed by atoms with E-state index in [9.17, 15) is 5.11 Å². The summed E-state index contributed by atoms with van der Waals surface area (Å²) in [5, 5.41) is 18.4. The van der Waals surface area contributed by atoms with Crippen LogP contribution >= 0.6 is 0 Å². The van der Waals surface area contributed by atoms with Gasteiger partial charge in [-0.2, -0.15) is 0 Å². The Morgan fingerprint density at radius 2 is 2.33 bits per heavy atom. The number of ether oxygens (including phenoxy) is 1. The minimum Gasteiger partial charge on any atom is -0.388 e. The highest BCUT2D eigenvalue weighted by Crippen LogP contribution is 2.19. The molecule has 0 amide bonds. The Kier molecular flexibility index (Phi) is 1.75. The molecule has 3 heteroatoms. The van der Waals surface area contributed by atoms with Gasteiger partial charge in [0.2, 0.25) is 0 Å². The maximum atomic E-state index is 9.31. The van der Waals surface area contributed by atoms with Crippen LogP contribution in [0, 0.1) is 0 Å². The molecule has 0 aromatic rings. The van der Waals surface area contributed by atoms with Gasteiger partial charge in [-0.25, -0.2) is 0 Å². The Morgan fingerprint density at radius 3 is 2.67 bits per heavy atom. The van der Waals surface area contributed by atoms with E-state index in [2.05, 4.69) is 0 Å². The summed E-state index contributed by atoms with van der Waals surface area (Å²) in [7, 11) is 0. The quantitative estimate of drug-likeness (QED) is 0.468. The Balaban J connectivity index is 2.49. The molecule has 2 N–H and O–H groups in total. The van der Waals surface area contributed by atoms with Crippen LogP contribution < -0.4 is 0 Å². The molecule has 3 nitrogen and oxygen atoms in total. The lowest BCUT2D eigenvalue weighted by Crippen LogP contribution is -2.46. The fourth-order valence-corrected chi connectivity index (χ4v) is 0.820. The maximum absolute atomic E-state index is 9.31. The molecule has 0 aromatic carbocycles. The van der Waals surface area contributed by atoms with Crippen LogP contribution in [0.25, 0.3) is 0 Å². The summed E-state index contributed by atoms with van der Waals surface area (Å²) < 4.78 is 4.91.